The smallest absolute Gasteiger partial charge is 0.261 e. The number of rotatable bonds is 3. The molecule has 1 aliphatic rings. The molecule has 2 aromatic carbocycles. The van der Waals surface area contributed by atoms with Crippen LogP contribution in [-0.4, -0.2) is 28.2 Å². The van der Waals surface area contributed by atoms with Crippen LogP contribution in [0.1, 0.15) is 37.4 Å². The van der Waals surface area contributed by atoms with E-state index in [1.54, 1.807) is 24.3 Å². The maximum Gasteiger partial charge on any atom is 0.261 e. The number of benzene rings is 2. The van der Waals surface area contributed by atoms with Crippen LogP contribution in [0, 0.1) is 13.8 Å². The molecule has 5 heteroatoms. The number of hydrogen-bond acceptors (Lipinski definition) is 3. The lowest BCUT2D eigenvalue weighted by Gasteiger charge is -2.15. The van der Waals surface area contributed by atoms with Crippen molar-refractivity contribution in [3.8, 4) is 0 Å². The molecule has 26 heavy (non-hydrogen) atoms. The fraction of sp³-hybridized carbons (Fsp3) is 0.190. The van der Waals surface area contributed by atoms with Crippen molar-refractivity contribution in [2.45, 2.75) is 20.3 Å². The third-order valence-corrected chi connectivity index (χ3v) is 5.35. The second-order valence-electron chi connectivity index (χ2n) is 6.58. The van der Waals surface area contributed by atoms with Crippen molar-refractivity contribution in [1.29, 1.82) is 0 Å². The van der Waals surface area contributed by atoms with Gasteiger partial charge in [0.15, 0.2) is 0 Å². The molecule has 130 valence electrons. The molecule has 1 aromatic heterocycles. The number of hydrogen-bond donors (Lipinski definition) is 0. The molecule has 2 heterocycles. The fourth-order valence-electron chi connectivity index (χ4n) is 3.35. The van der Waals surface area contributed by atoms with E-state index in [1.807, 2.05) is 26.0 Å². The molecule has 4 nitrogen and oxygen atoms in total. The summed E-state index contributed by atoms with van der Waals surface area (Å²) in [5.41, 5.74) is 4.92. The molecule has 0 saturated heterocycles. The average molecular weight is 365 g/mol. The number of aromatic nitrogens is 1. The summed E-state index contributed by atoms with van der Waals surface area (Å²) >= 11 is 6.38. The maximum absolute atomic E-state index is 12.5. The van der Waals surface area contributed by atoms with Gasteiger partial charge in [-0.3, -0.25) is 14.5 Å². The Morgan fingerprint density at radius 1 is 1.00 bits per heavy atom. The molecular formula is C21H17ClN2O2. The van der Waals surface area contributed by atoms with E-state index in [0.29, 0.717) is 22.7 Å². The Labute approximate surface area is 156 Å². The van der Waals surface area contributed by atoms with Crippen LogP contribution in [0.15, 0.2) is 42.5 Å². The third kappa shape index (κ3) is 2.58. The largest absolute Gasteiger partial charge is 0.274 e. The van der Waals surface area contributed by atoms with Crippen LogP contribution in [0.2, 0.25) is 5.15 Å². The van der Waals surface area contributed by atoms with Crippen molar-refractivity contribution in [1.82, 2.24) is 9.88 Å². The molecule has 0 spiro atoms. The molecule has 0 fully saturated rings. The number of aryl methyl sites for hydroxylation is 2. The Bertz CT molecular complexity index is 1040. The van der Waals surface area contributed by atoms with Crippen LogP contribution < -0.4 is 0 Å². The topological polar surface area (TPSA) is 50.3 Å². The second kappa shape index (κ2) is 6.22. The van der Waals surface area contributed by atoms with Gasteiger partial charge in [-0.2, -0.15) is 0 Å². The van der Waals surface area contributed by atoms with E-state index in [-0.39, 0.29) is 18.4 Å². The number of amides is 2. The van der Waals surface area contributed by atoms with Crippen molar-refractivity contribution in [3.63, 3.8) is 0 Å². The number of imide groups is 1. The number of nitrogens with zero attached hydrogens (tertiary/aromatic N) is 2. The van der Waals surface area contributed by atoms with Crippen molar-refractivity contribution in [3.05, 3.63) is 75.4 Å². The van der Waals surface area contributed by atoms with E-state index >= 15 is 0 Å². The zero-order valence-electron chi connectivity index (χ0n) is 14.5. The summed E-state index contributed by atoms with van der Waals surface area (Å²) < 4.78 is 0. The lowest BCUT2D eigenvalue weighted by molar-refractivity contribution is 0.0656. The molecule has 0 unspecified atom stereocenters. The predicted octanol–water partition coefficient (Wildman–Crippen LogP) is 4.34. The molecule has 2 amide bonds. The molecule has 4 rings (SSSR count). The summed E-state index contributed by atoms with van der Waals surface area (Å²) in [6.45, 7) is 4.35. The monoisotopic (exact) mass is 364 g/mol. The van der Waals surface area contributed by atoms with Crippen LogP contribution in [-0.2, 0) is 6.42 Å². The Morgan fingerprint density at radius 3 is 2.31 bits per heavy atom. The first-order valence-corrected chi connectivity index (χ1v) is 8.85. The van der Waals surface area contributed by atoms with Crippen molar-refractivity contribution in [2.24, 2.45) is 0 Å². The number of carbonyl (C=O) groups excluding carboxylic acids is 2. The minimum Gasteiger partial charge on any atom is -0.274 e. The van der Waals surface area contributed by atoms with Gasteiger partial charge in [0.25, 0.3) is 11.8 Å². The Hall–Kier alpha value is -2.72. The van der Waals surface area contributed by atoms with Crippen LogP contribution in [0.4, 0.5) is 0 Å². The molecule has 0 N–H and O–H groups in total. The summed E-state index contributed by atoms with van der Waals surface area (Å²) in [5.74, 6) is -0.496. The SMILES string of the molecule is Cc1ccc2cc(CCN3C(=O)c4ccccc4C3=O)c(Cl)nc2c1C. The van der Waals surface area contributed by atoms with E-state index in [9.17, 15) is 9.59 Å². The molecule has 0 aliphatic carbocycles. The molecular weight excluding hydrogens is 348 g/mol. The summed E-state index contributed by atoms with van der Waals surface area (Å²) in [7, 11) is 0. The van der Waals surface area contributed by atoms with Gasteiger partial charge < -0.3 is 0 Å². The van der Waals surface area contributed by atoms with Gasteiger partial charge in [0, 0.05) is 11.9 Å². The summed E-state index contributed by atoms with van der Waals surface area (Å²) in [6.07, 6.45) is 0.472. The quantitative estimate of drug-likeness (QED) is 0.513. The first kappa shape index (κ1) is 16.7. The van der Waals surface area contributed by atoms with Crippen LogP contribution in [0.25, 0.3) is 10.9 Å². The third-order valence-electron chi connectivity index (χ3n) is 5.02. The van der Waals surface area contributed by atoms with Gasteiger partial charge in [-0.05, 0) is 55.2 Å². The summed E-state index contributed by atoms with van der Waals surface area (Å²) in [5, 5.41) is 1.43. The van der Waals surface area contributed by atoms with Crippen molar-refractivity contribution >= 4 is 34.3 Å². The van der Waals surface area contributed by atoms with Crippen LogP contribution in [0.3, 0.4) is 0 Å². The van der Waals surface area contributed by atoms with E-state index in [2.05, 4.69) is 11.1 Å². The number of halogens is 1. The predicted molar refractivity (Wildman–Crippen MR) is 102 cm³/mol. The minimum atomic E-state index is -0.248. The second-order valence-corrected chi connectivity index (χ2v) is 6.93. The van der Waals surface area contributed by atoms with Gasteiger partial charge in [0.2, 0.25) is 0 Å². The van der Waals surface area contributed by atoms with Gasteiger partial charge in [-0.15, -0.1) is 0 Å². The van der Waals surface area contributed by atoms with Gasteiger partial charge in [-0.1, -0.05) is 35.9 Å². The van der Waals surface area contributed by atoms with Crippen molar-refractivity contribution < 1.29 is 9.59 Å². The van der Waals surface area contributed by atoms with Gasteiger partial charge >= 0.3 is 0 Å². The minimum absolute atomic E-state index is 0.248. The van der Waals surface area contributed by atoms with Gasteiger partial charge in [0.05, 0.1) is 16.6 Å². The highest BCUT2D eigenvalue weighted by Crippen LogP contribution is 2.27. The molecule has 0 radical (unpaired) electrons. The fourth-order valence-corrected chi connectivity index (χ4v) is 3.59. The summed E-state index contributed by atoms with van der Waals surface area (Å²) in [6, 6.07) is 13.0. The number of pyridine rings is 1. The molecule has 1 aliphatic heterocycles. The van der Waals surface area contributed by atoms with Crippen LogP contribution >= 0.6 is 11.6 Å². The molecule has 0 saturated carbocycles. The van der Waals surface area contributed by atoms with Crippen LogP contribution in [0.5, 0.6) is 0 Å². The lowest BCUT2D eigenvalue weighted by Crippen LogP contribution is -2.31. The highest BCUT2D eigenvalue weighted by atomic mass is 35.5. The van der Waals surface area contributed by atoms with E-state index < -0.39 is 0 Å². The first-order chi connectivity index (χ1) is 12.5. The lowest BCUT2D eigenvalue weighted by atomic mass is 10.0. The van der Waals surface area contributed by atoms with E-state index in [4.69, 9.17) is 11.6 Å². The zero-order valence-corrected chi connectivity index (χ0v) is 15.3. The molecule has 0 atom stereocenters. The average Bonchev–Trinajstić information content (AvgIpc) is 2.88. The summed E-state index contributed by atoms with van der Waals surface area (Å²) in [4.78, 5) is 30.7. The zero-order chi connectivity index (χ0) is 18.4. The normalized spacial score (nSPS) is 13.6. The Balaban J connectivity index is 1.61. The molecule has 3 aromatic rings. The van der Waals surface area contributed by atoms with E-state index in [0.717, 1.165) is 22.0 Å². The standard InChI is InChI=1S/C21H17ClN2O2/c1-12-7-8-14-11-15(19(22)23-18(14)13(12)2)9-10-24-20(25)16-5-3-4-6-17(16)21(24)26/h3-8,11H,9-10H2,1-2H3. The van der Waals surface area contributed by atoms with Gasteiger partial charge in [0.1, 0.15) is 5.15 Å². The molecule has 0 bridgehead atoms. The Morgan fingerprint density at radius 2 is 1.65 bits per heavy atom. The number of carbonyl (C=O) groups is 2. The van der Waals surface area contributed by atoms with Gasteiger partial charge in [-0.25, -0.2) is 4.98 Å². The Kier molecular flexibility index (Phi) is 4.00. The van der Waals surface area contributed by atoms with Crippen molar-refractivity contribution in [2.75, 3.05) is 6.54 Å². The first-order valence-electron chi connectivity index (χ1n) is 8.48. The van der Waals surface area contributed by atoms with E-state index in [1.165, 1.54) is 10.5 Å². The highest BCUT2D eigenvalue weighted by molar-refractivity contribution is 6.30. The maximum atomic E-state index is 12.5. The number of fused-ring (bicyclic) bond motifs is 2. The highest BCUT2D eigenvalue weighted by Gasteiger charge is 2.34.